The van der Waals surface area contributed by atoms with Crippen LogP contribution in [0, 0.1) is 5.41 Å². The average molecular weight is 168 g/mol. The molecule has 0 aromatic heterocycles. The van der Waals surface area contributed by atoms with Crippen LogP contribution in [0.5, 0.6) is 0 Å². The summed E-state index contributed by atoms with van der Waals surface area (Å²) in [6.07, 6.45) is 0.497. The maximum atomic E-state index is 11.3. The van der Waals surface area contributed by atoms with Gasteiger partial charge < -0.3 is 0 Å². The zero-order valence-electron chi connectivity index (χ0n) is 8.22. The smallest absolute Gasteiger partial charge is 0.248 e. The molecule has 0 radical (unpaired) electrons. The molecule has 1 rings (SSSR count). The van der Waals surface area contributed by atoms with Crippen molar-refractivity contribution >= 4 is 11.6 Å². The van der Waals surface area contributed by atoms with E-state index < -0.39 is 0 Å². The van der Waals surface area contributed by atoms with Crippen LogP contribution in [-0.4, -0.2) is 23.2 Å². The highest BCUT2D eigenvalue weighted by atomic mass is 16.2. The molecule has 3 heteroatoms. The van der Waals surface area contributed by atoms with Crippen LogP contribution in [0.2, 0.25) is 0 Å². The standard InChI is InChI=1S/C9H16N2O/c1-5-11-8(12)6-7(10-11)9(2,3)4/h5-6H2,1-4H3. The van der Waals surface area contributed by atoms with Crippen LogP contribution in [0.3, 0.4) is 0 Å². The first-order chi connectivity index (χ1) is 5.45. The van der Waals surface area contributed by atoms with Gasteiger partial charge in [-0.3, -0.25) is 4.79 Å². The Bertz CT molecular complexity index is 225. The number of rotatable bonds is 1. The van der Waals surface area contributed by atoms with Crippen LogP contribution >= 0.6 is 0 Å². The molecule has 1 amide bonds. The van der Waals surface area contributed by atoms with E-state index in [0.717, 1.165) is 5.71 Å². The van der Waals surface area contributed by atoms with Crippen LogP contribution in [0.1, 0.15) is 34.1 Å². The molecule has 0 N–H and O–H groups in total. The van der Waals surface area contributed by atoms with Crippen LogP contribution in [0.4, 0.5) is 0 Å². The summed E-state index contributed by atoms with van der Waals surface area (Å²) in [6, 6.07) is 0. The van der Waals surface area contributed by atoms with Gasteiger partial charge in [0.05, 0.1) is 12.1 Å². The third-order valence-electron chi connectivity index (χ3n) is 2.01. The van der Waals surface area contributed by atoms with Gasteiger partial charge in [0.1, 0.15) is 0 Å². The molecule has 0 saturated heterocycles. The highest BCUT2D eigenvalue weighted by Gasteiger charge is 2.29. The molecule has 0 unspecified atom stereocenters. The Balaban J connectivity index is 2.78. The maximum absolute atomic E-state index is 11.3. The zero-order chi connectivity index (χ0) is 9.35. The quantitative estimate of drug-likeness (QED) is 0.586. The predicted molar refractivity (Wildman–Crippen MR) is 48.9 cm³/mol. The van der Waals surface area contributed by atoms with Crippen molar-refractivity contribution in [2.24, 2.45) is 10.5 Å². The van der Waals surface area contributed by atoms with Gasteiger partial charge in [0.15, 0.2) is 0 Å². The molecule has 3 nitrogen and oxygen atoms in total. The summed E-state index contributed by atoms with van der Waals surface area (Å²) in [5.74, 6) is 0.127. The summed E-state index contributed by atoms with van der Waals surface area (Å²) in [5.41, 5.74) is 1.02. The van der Waals surface area contributed by atoms with Crippen molar-refractivity contribution in [3.63, 3.8) is 0 Å². The van der Waals surface area contributed by atoms with Gasteiger partial charge in [0, 0.05) is 12.0 Å². The topological polar surface area (TPSA) is 32.7 Å². The van der Waals surface area contributed by atoms with Crippen LogP contribution in [0.25, 0.3) is 0 Å². The summed E-state index contributed by atoms with van der Waals surface area (Å²) in [5, 5.41) is 5.80. The molecule has 0 aliphatic carbocycles. The zero-order valence-corrected chi connectivity index (χ0v) is 8.22. The highest BCUT2D eigenvalue weighted by molar-refractivity contribution is 6.07. The lowest BCUT2D eigenvalue weighted by Gasteiger charge is -2.16. The fraction of sp³-hybridized carbons (Fsp3) is 0.778. The lowest BCUT2D eigenvalue weighted by Crippen LogP contribution is -2.20. The molecular weight excluding hydrogens is 152 g/mol. The minimum atomic E-state index is 0.0274. The van der Waals surface area contributed by atoms with Gasteiger partial charge in [0.25, 0.3) is 0 Å². The Hall–Kier alpha value is -0.860. The molecule has 0 saturated carbocycles. The highest BCUT2D eigenvalue weighted by Crippen LogP contribution is 2.23. The van der Waals surface area contributed by atoms with E-state index >= 15 is 0 Å². The summed E-state index contributed by atoms with van der Waals surface area (Å²) in [6.45, 7) is 8.86. The summed E-state index contributed by atoms with van der Waals surface area (Å²) >= 11 is 0. The lowest BCUT2D eigenvalue weighted by molar-refractivity contribution is -0.128. The Morgan fingerprint density at radius 1 is 1.50 bits per heavy atom. The van der Waals surface area contributed by atoms with Gasteiger partial charge in [-0.15, -0.1) is 0 Å². The van der Waals surface area contributed by atoms with Crippen LogP contribution in [-0.2, 0) is 4.79 Å². The van der Waals surface area contributed by atoms with Gasteiger partial charge in [-0.25, -0.2) is 5.01 Å². The van der Waals surface area contributed by atoms with Crippen molar-refractivity contribution < 1.29 is 4.79 Å². The molecule has 0 aromatic rings. The summed E-state index contributed by atoms with van der Waals surface area (Å²) < 4.78 is 0. The van der Waals surface area contributed by atoms with Crippen molar-refractivity contribution in [2.75, 3.05) is 6.54 Å². The van der Waals surface area contributed by atoms with Crippen LogP contribution < -0.4 is 0 Å². The molecule has 0 atom stereocenters. The first-order valence-electron chi connectivity index (χ1n) is 4.33. The molecular formula is C9H16N2O. The fourth-order valence-electron chi connectivity index (χ4n) is 1.13. The van der Waals surface area contributed by atoms with Crippen molar-refractivity contribution in [1.29, 1.82) is 0 Å². The predicted octanol–water partition coefficient (Wildman–Crippen LogP) is 1.64. The first kappa shape index (κ1) is 9.23. The van der Waals surface area contributed by atoms with Crippen molar-refractivity contribution in [2.45, 2.75) is 34.1 Å². The largest absolute Gasteiger partial charge is 0.273 e. The third kappa shape index (κ3) is 1.65. The number of amides is 1. The normalized spacial score (nSPS) is 18.5. The second-order valence-corrected chi connectivity index (χ2v) is 4.08. The first-order valence-corrected chi connectivity index (χ1v) is 4.33. The number of nitrogens with zero attached hydrogens (tertiary/aromatic N) is 2. The van der Waals surface area contributed by atoms with Gasteiger partial charge in [-0.1, -0.05) is 20.8 Å². The molecule has 0 bridgehead atoms. The van der Waals surface area contributed by atoms with E-state index in [1.807, 2.05) is 6.92 Å². The van der Waals surface area contributed by atoms with Crippen molar-refractivity contribution in [3.05, 3.63) is 0 Å². The molecule has 12 heavy (non-hydrogen) atoms. The average Bonchev–Trinajstić information content (AvgIpc) is 2.29. The van der Waals surface area contributed by atoms with Gasteiger partial charge >= 0.3 is 0 Å². The minimum absolute atomic E-state index is 0.0274. The number of hydrogen-bond acceptors (Lipinski definition) is 2. The second kappa shape index (κ2) is 2.88. The van der Waals surface area contributed by atoms with Crippen LogP contribution in [0.15, 0.2) is 5.10 Å². The lowest BCUT2D eigenvalue weighted by atomic mass is 9.88. The van der Waals surface area contributed by atoms with E-state index in [1.165, 1.54) is 0 Å². The molecule has 0 fully saturated rings. The molecule has 68 valence electrons. The monoisotopic (exact) mass is 168 g/mol. The SMILES string of the molecule is CCN1N=C(C(C)(C)C)CC1=O. The van der Waals surface area contributed by atoms with E-state index in [2.05, 4.69) is 25.9 Å². The maximum Gasteiger partial charge on any atom is 0.248 e. The molecule has 0 spiro atoms. The Kier molecular flexibility index (Phi) is 2.22. The molecule has 1 heterocycles. The second-order valence-electron chi connectivity index (χ2n) is 4.08. The van der Waals surface area contributed by atoms with Gasteiger partial charge in [0.2, 0.25) is 5.91 Å². The number of hydrazone groups is 1. The minimum Gasteiger partial charge on any atom is -0.273 e. The Morgan fingerprint density at radius 2 is 2.08 bits per heavy atom. The fourth-order valence-corrected chi connectivity index (χ4v) is 1.13. The number of carbonyl (C=O) groups is 1. The number of hydrogen-bond donors (Lipinski definition) is 0. The van der Waals surface area contributed by atoms with E-state index in [4.69, 9.17) is 0 Å². The Labute approximate surface area is 73.4 Å². The summed E-state index contributed by atoms with van der Waals surface area (Å²) in [4.78, 5) is 11.3. The van der Waals surface area contributed by atoms with Gasteiger partial charge in [-0.05, 0) is 6.92 Å². The summed E-state index contributed by atoms with van der Waals surface area (Å²) in [7, 11) is 0. The van der Waals surface area contributed by atoms with E-state index in [-0.39, 0.29) is 11.3 Å². The number of carbonyl (C=O) groups excluding carboxylic acids is 1. The van der Waals surface area contributed by atoms with Gasteiger partial charge in [-0.2, -0.15) is 5.10 Å². The molecule has 1 aliphatic heterocycles. The van der Waals surface area contributed by atoms with E-state index in [1.54, 1.807) is 5.01 Å². The molecule has 0 aromatic carbocycles. The van der Waals surface area contributed by atoms with Crippen molar-refractivity contribution in [3.8, 4) is 0 Å². The Morgan fingerprint density at radius 3 is 2.33 bits per heavy atom. The third-order valence-corrected chi connectivity index (χ3v) is 2.01. The van der Waals surface area contributed by atoms with E-state index in [0.29, 0.717) is 13.0 Å². The molecule has 1 aliphatic rings. The van der Waals surface area contributed by atoms with Crippen molar-refractivity contribution in [1.82, 2.24) is 5.01 Å². The van der Waals surface area contributed by atoms with E-state index in [9.17, 15) is 4.79 Å².